The molecule has 6 nitrogen and oxygen atoms in total. The molecular formula is C9H15F3N2O4. The van der Waals surface area contributed by atoms with E-state index in [1.54, 1.807) is 0 Å². The number of carbonyl (C=O) groups is 2. The highest BCUT2D eigenvalue weighted by Gasteiger charge is 2.28. The van der Waals surface area contributed by atoms with Crippen LogP contribution < -0.4 is 5.32 Å². The van der Waals surface area contributed by atoms with Crippen LogP contribution in [0.2, 0.25) is 0 Å². The van der Waals surface area contributed by atoms with Crippen molar-refractivity contribution in [3.63, 3.8) is 0 Å². The molecule has 0 aromatic rings. The van der Waals surface area contributed by atoms with Crippen molar-refractivity contribution in [2.75, 3.05) is 27.2 Å². The number of nitrogens with zero attached hydrogens (tertiary/aromatic N) is 1. The molecule has 106 valence electrons. The zero-order valence-corrected chi connectivity index (χ0v) is 9.95. The zero-order valence-electron chi connectivity index (χ0n) is 9.95. The molecule has 0 aliphatic carbocycles. The summed E-state index contributed by atoms with van der Waals surface area (Å²) in [5.41, 5.74) is 0. The van der Waals surface area contributed by atoms with E-state index in [2.05, 4.69) is 10.1 Å². The second-order valence-electron chi connectivity index (χ2n) is 3.54. The number of carboxylic acids is 1. The predicted molar refractivity (Wildman–Crippen MR) is 55.1 cm³/mol. The Morgan fingerprint density at radius 2 is 2.00 bits per heavy atom. The fraction of sp³-hybridized carbons (Fsp3) is 0.778. The number of urea groups is 1. The van der Waals surface area contributed by atoms with E-state index >= 15 is 0 Å². The molecule has 0 aromatic heterocycles. The van der Waals surface area contributed by atoms with Crippen LogP contribution in [0, 0.1) is 0 Å². The summed E-state index contributed by atoms with van der Waals surface area (Å²) in [4.78, 5) is 22.7. The molecule has 0 rings (SSSR count). The normalized spacial score (nSPS) is 12.9. The third kappa shape index (κ3) is 6.94. The van der Waals surface area contributed by atoms with E-state index in [4.69, 9.17) is 5.11 Å². The average molecular weight is 272 g/mol. The number of amides is 2. The molecule has 1 unspecified atom stereocenters. The summed E-state index contributed by atoms with van der Waals surface area (Å²) >= 11 is 0. The van der Waals surface area contributed by atoms with Gasteiger partial charge in [0.25, 0.3) is 0 Å². The van der Waals surface area contributed by atoms with Gasteiger partial charge in [0.1, 0.15) is 0 Å². The number of rotatable bonds is 6. The van der Waals surface area contributed by atoms with E-state index in [0.717, 1.165) is 12.0 Å². The highest BCUT2D eigenvalue weighted by Crippen LogP contribution is 2.19. The van der Waals surface area contributed by atoms with Gasteiger partial charge in [0.2, 0.25) is 0 Å². The summed E-state index contributed by atoms with van der Waals surface area (Å²) in [5.74, 6) is -1.27. The molecule has 2 amide bonds. The topological polar surface area (TPSA) is 78.9 Å². The second-order valence-corrected chi connectivity index (χ2v) is 3.54. The van der Waals surface area contributed by atoms with E-state index in [0.29, 0.717) is 0 Å². The highest BCUT2D eigenvalue weighted by molar-refractivity contribution is 5.76. The van der Waals surface area contributed by atoms with Crippen molar-refractivity contribution in [3.8, 4) is 0 Å². The molecule has 1 atom stereocenters. The van der Waals surface area contributed by atoms with Crippen LogP contribution in [0.4, 0.5) is 18.0 Å². The van der Waals surface area contributed by atoms with Gasteiger partial charge in [-0.2, -0.15) is 13.2 Å². The van der Waals surface area contributed by atoms with Gasteiger partial charge in [-0.05, 0) is 0 Å². The number of ether oxygens (including phenoxy) is 1. The van der Waals surface area contributed by atoms with Crippen molar-refractivity contribution in [2.24, 2.45) is 0 Å². The van der Waals surface area contributed by atoms with Gasteiger partial charge in [-0.1, -0.05) is 0 Å². The standard InChI is InChI=1S/C9H15F3N2O4/c1-14(4-3-9(10,11)12)8(17)13-5-6(18-2)7(15)16/h6H,3-5H2,1-2H3,(H,13,17)(H,15,16). The number of carbonyl (C=O) groups excluding carboxylic acids is 1. The summed E-state index contributed by atoms with van der Waals surface area (Å²) < 4.78 is 40.2. The lowest BCUT2D eigenvalue weighted by Crippen LogP contribution is -2.44. The Kier molecular flexibility index (Phi) is 6.45. The number of aliphatic carboxylic acids is 1. The van der Waals surface area contributed by atoms with Crippen LogP contribution in [0.1, 0.15) is 6.42 Å². The largest absolute Gasteiger partial charge is 0.479 e. The minimum absolute atomic E-state index is 0.318. The first-order chi connectivity index (χ1) is 8.17. The Labute approximate surface area is 102 Å². The number of carboxylic acid groups (broad SMARTS) is 1. The summed E-state index contributed by atoms with van der Waals surface area (Å²) in [7, 11) is 2.34. The molecule has 0 fully saturated rings. The van der Waals surface area contributed by atoms with Crippen LogP contribution in [-0.4, -0.2) is 61.5 Å². The van der Waals surface area contributed by atoms with Gasteiger partial charge < -0.3 is 20.1 Å². The molecule has 9 heteroatoms. The van der Waals surface area contributed by atoms with Crippen LogP contribution in [0.15, 0.2) is 0 Å². The fourth-order valence-corrected chi connectivity index (χ4v) is 0.982. The third-order valence-electron chi connectivity index (χ3n) is 2.08. The Balaban J connectivity index is 4.05. The SMILES string of the molecule is COC(CNC(=O)N(C)CCC(F)(F)F)C(=O)O. The van der Waals surface area contributed by atoms with Crippen LogP contribution in [0.3, 0.4) is 0 Å². The summed E-state index contributed by atoms with van der Waals surface area (Å²) in [6.45, 7) is -0.818. The fourth-order valence-electron chi connectivity index (χ4n) is 0.982. The molecule has 0 saturated carbocycles. The number of halogens is 3. The van der Waals surface area contributed by atoms with E-state index in [1.807, 2.05) is 0 Å². The van der Waals surface area contributed by atoms with E-state index in [-0.39, 0.29) is 6.54 Å². The monoisotopic (exact) mass is 272 g/mol. The maximum Gasteiger partial charge on any atom is 0.390 e. The minimum Gasteiger partial charge on any atom is -0.479 e. The molecule has 2 N–H and O–H groups in total. The van der Waals surface area contributed by atoms with Crippen LogP contribution in [-0.2, 0) is 9.53 Å². The molecule has 0 radical (unpaired) electrons. The van der Waals surface area contributed by atoms with E-state index in [9.17, 15) is 22.8 Å². The predicted octanol–water partition coefficient (Wildman–Crippen LogP) is 0.680. The zero-order chi connectivity index (χ0) is 14.3. The van der Waals surface area contributed by atoms with Gasteiger partial charge in [0.05, 0.1) is 13.0 Å². The number of alkyl halides is 3. The Bertz CT molecular complexity index is 296. The number of hydrogen-bond acceptors (Lipinski definition) is 3. The molecule has 0 saturated heterocycles. The first-order valence-corrected chi connectivity index (χ1v) is 4.98. The molecule has 0 heterocycles. The molecule has 18 heavy (non-hydrogen) atoms. The summed E-state index contributed by atoms with van der Waals surface area (Å²) in [6, 6.07) is -0.789. The second kappa shape index (κ2) is 7.04. The minimum atomic E-state index is -4.34. The first-order valence-electron chi connectivity index (χ1n) is 4.98. The first kappa shape index (κ1) is 16.5. The molecule has 0 aliphatic rings. The Morgan fingerprint density at radius 1 is 1.44 bits per heavy atom. The van der Waals surface area contributed by atoms with Gasteiger partial charge in [-0.25, -0.2) is 9.59 Å². The van der Waals surface area contributed by atoms with E-state index in [1.165, 1.54) is 7.05 Å². The maximum atomic E-state index is 11.9. The van der Waals surface area contributed by atoms with Crippen molar-refractivity contribution in [1.29, 1.82) is 0 Å². The van der Waals surface area contributed by atoms with Gasteiger partial charge in [-0.3, -0.25) is 0 Å². The van der Waals surface area contributed by atoms with Crippen LogP contribution in [0.25, 0.3) is 0 Å². The number of nitrogens with one attached hydrogen (secondary N) is 1. The number of hydrogen-bond donors (Lipinski definition) is 2. The third-order valence-corrected chi connectivity index (χ3v) is 2.08. The molecule has 0 bridgehead atoms. The Hall–Kier alpha value is -1.51. The van der Waals surface area contributed by atoms with Gasteiger partial charge in [0.15, 0.2) is 6.10 Å². The van der Waals surface area contributed by atoms with Crippen LogP contribution >= 0.6 is 0 Å². The Morgan fingerprint density at radius 3 is 2.39 bits per heavy atom. The van der Waals surface area contributed by atoms with E-state index < -0.39 is 37.2 Å². The van der Waals surface area contributed by atoms with Gasteiger partial charge in [0, 0.05) is 20.7 Å². The van der Waals surface area contributed by atoms with Crippen molar-refractivity contribution in [2.45, 2.75) is 18.7 Å². The lowest BCUT2D eigenvalue weighted by molar-refractivity contribution is -0.148. The van der Waals surface area contributed by atoms with Crippen molar-refractivity contribution in [3.05, 3.63) is 0 Å². The van der Waals surface area contributed by atoms with Gasteiger partial charge in [-0.15, -0.1) is 0 Å². The van der Waals surface area contributed by atoms with Gasteiger partial charge >= 0.3 is 18.2 Å². The summed E-state index contributed by atoms with van der Waals surface area (Å²) in [5, 5.41) is 10.8. The number of methoxy groups -OCH3 is 1. The van der Waals surface area contributed by atoms with Crippen molar-refractivity contribution in [1.82, 2.24) is 10.2 Å². The molecular weight excluding hydrogens is 257 g/mol. The highest BCUT2D eigenvalue weighted by atomic mass is 19.4. The average Bonchev–Trinajstić information content (AvgIpc) is 2.24. The smallest absolute Gasteiger partial charge is 0.390 e. The molecule has 0 aliphatic heterocycles. The summed E-state index contributed by atoms with van der Waals surface area (Å²) in [6.07, 6.45) is -6.70. The lowest BCUT2D eigenvalue weighted by Gasteiger charge is -2.20. The van der Waals surface area contributed by atoms with Crippen molar-refractivity contribution < 1.29 is 32.6 Å². The van der Waals surface area contributed by atoms with Crippen molar-refractivity contribution >= 4 is 12.0 Å². The quantitative estimate of drug-likeness (QED) is 0.745. The lowest BCUT2D eigenvalue weighted by atomic mass is 10.3. The van der Waals surface area contributed by atoms with Crippen LogP contribution in [0.5, 0.6) is 0 Å². The molecule has 0 spiro atoms. The maximum absolute atomic E-state index is 11.9. The molecule has 0 aromatic carbocycles.